The molecular weight excluding hydrogens is 374 g/mol. The molecule has 6 nitrogen and oxygen atoms in total. The molecule has 132 valence electrons. The Balaban J connectivity index is 0.00000288. The molecule has 1 atom stereocenters. The Labute approximate surface area is 142 Å². The number of nitrogens with zero attached hydrogens (tertiary/aromatic N) is 2. The zero-order chi connectivity index (χ0) is 17.4. The fourth-order valence-corrected chi connectivity index (χ4v) is 2.60. The number of alkyl halides is 3. The van der Waals surface area contributed by atoms with Crippen LogP contribution >= 0.6 is 13.5 Å². The molecule has 0 aliphatic rings. The van der Waals surface area contributed by atoms with E-state index in [1.807, 2.05) is 5.32 Å². The summed E-state index contributed by atoms with van der Waals surface area (Å²) in [7, 11) is -2.29. The molecule has 1 aromatic heterocycles. The Kier molecular flexibility index (Phi) is 6.11. The van der Waals surface area contributed by atoms with Crippen molar-refractivity contribution in [2.24, 2.45) is 0 Å². The Hall–Kier alpha value is -1.95. The van der Waals surface area contributed by atoms with Gasteiger partial charge in [-0.1, -0.05) is 5.10 Å². The first-order valence-corrected chi connectivity index (χ1v) is 7.51. The predicted octanol–water partition coefficient (Wildman–Crippen LogP) is 2.64. The van der Waals surface area contributed by atoms with Gasteiger partial charge in [0.1, 0.15) is 0 Å². The number of carbonyl (C=O) groups is 1. The summed E-state index contributed by atoms with van der Waals surface area (Å²) in [5.74, 6) is -2.50. The lowest BCUT2D eigenvalue weighted by Crippen LogP contribution is -2.18. The third kappa shape index (κ3) is 4.12. The summed E-state index contributed by atoms with van der Waals surface area (Å²) < 4.78 is 69.1. The molecule has 0 aliphatic heterocycles. The maximum absolute atomic E-state index is 14.3. The lowest BCUT2D eigenvalue weighted by Gasteiger charge is -2.13. The number of anilines is 1. The molecule has 0 saturated carbocycles. The van der Waals surface area contributed by atoms with Crippen LogP contribution in [-0.4, -0.2) is 26.6 Å². The number of aromatic nitrogens is 2. The van der Waals surface area contributed by atoms with Crippen molar-refractivity contribution in [2.75, 3.05) is 11.6 Å². The summed E-state index contributed by atoms with van der Waals surface area (Å²) in [6.45, 7) is 1.44. The van der Waals surface area contributed by atoms with Gasteiger partial charge in [-0.15, -0.1) is 5.10 Å². The van der Waals surface area contributed by atoms with Gasteiger partial charge in [0.2, 0.25) is 5.89 Å². The zero-order valence-electron chi connectivity index (χ0n) is 12.2. The summed E-state index contributed by atoms with van der Waals surface area (Å²) in [6, 6.07) is 0.798. The van der Waals surface area contributed by atoms with Gasteiger partial charge >= 0.3 is 12.2 Å². The molecule has 1 aromatic carbocycles. The molecule has 1 unspecified atom stereocenters. The van der Waals surface area contributed by atoms with Gasteiger partial charge in [-0.25, -0.2) is 4.39 Å². The van der Waals surface area contributed by atoms with E-state index < -0.39 is 44.7 Å². The quantitative estimate of drug-likeness (QED) is 0.821. The lowest BCUT2D eigenvalue weighted by atomic mass is 10.1. The molecule has 1 heterocycles. The smallest absolute Gasteiger partial charge is 0.408 e. The molecule has 12 heteroatoms. The monoisotopic (exact) mass is 385 g/mol. The Morgan fingerprint density at radius 1 is 1.29 bits per heavy atom. The number of rotatable bonds is 3. The number of hydrogen-bond donors (Lipinski definition) is 1. The number of halogens is 4. The molecule has 24 heavy (non-hydrogen) atoms. The number of carbonyl (C=O) groups excluding carboxylic acids is 1. The van der Waals surface area contributed by atoms with Crippen molar-refractivity contribution in [3.8, 4) is 0 Å². The fraction of sp³-hybridized carbons (Fsp3) is 0.250. The van der Waals surface area contributed by atoms with Crippen LogP contribution in [0.4, 0.5) is 23.6 Å². The van der Waals surface area contributed by atoms with Gasteiger partial charge < -0.3 is 4.42 Å². The van der Waals surface area contributed by atoms with Gasteiger partial charge in [-0.3, -0.25) is 14.3 Å². The fourth-order valence-electron chi connectivity index (χ4n) is 1.75. The first kappa shape index (κ1) is 20.1. The molecule has 0 aliphatic carbocycles. The Morgan fingerprint density at radius 3 is 2.38 bits per heavy atom. The summed E-state index contributed by atoms with van der Waals surface area (Å²) in [5.41, 5.74) is -2.12. The Morgan fingerprint density at radius 2 is 1.92 bits per heavy atom. The van der Waals surface area contributed by atoms with E-state index >= 15 is 0 Å². The third-order valence-electron chi connectivity index (χ3n) is 2.68. The molecule has 1 N–H and O–H groups in total. The summed E-state index contributed by atoms with van der Waals surface area (Å²) in [5, 5.41) is 8.91. The van der Waals surface area contributed by atoms with Crippen molar-refractivity contribution in [3.63, 3.8) is 0 Å². The highest BCUT2D eigenvalue weighted by molar-refractivity contribution is 7.84. The van der Waals surface area contributed by atoms with Crippen LogP contribution in [0, 0.1) is 12.7 Å². The molecule has 2 aromatic rings. The topological polar surface area (TPSA) is 85.1 Å². The maximum atomic E-state index is 14.3. The molecular formula is C12H11F4N3O3S2. The van der Waals surface area contributed by atoms with E-state index in [0.29, 0.717) is 12.1 Å². The first-order chi connectivity index (χ1) is 10.6. The van der Waals surface area contributed by atoms with Crippen molar-refractivity contribution in [1.29, 1.82) is 0 Å². The van der Waals surface area contributed by atoms with E-state index in [1.165, 1.54) is 6.92 Å². The number of aryl methyl sites for hydroxylation is 1. The second kappa shape index (κ2) is 7.30. The molecule has 2 rings (SSSR count). The van der Waals surface area contributed by atoms with E-state index in [9.17, 15) is 26.6 Å². The second-order valence-corrected chi connectivity index (χ2v) is 5.65. The molecule has 0 radical (unpaired) electrons. The van der Waals surface area contributed by atoms with Gasteiger partial charge in [0.05, 0.1) is 26.8 Å². The summed E-state index contributed by atoms with van der Waals surface area (Å²) in [4.78, 5) is 10.8. The highest BCUT2D eigenvalue weighted by Crippen LogP contribution is 2.35. The minimum Gasteiger partial charge on any atom is -0.408 e. The van der Waals surface area contributed by atoms with E-state index in [1.54, 1.807) is 0 Å². The highest BCUT2D eigenvalue weighted by atomic mass is 32.2. The number of amides is 1. The number of nitrogens with one attached hydrogen (secondary N) is 1. The van der Waals surface area contributed by atoms with E-state index in [0.717, 1.165) is 6.26 Å². The van der Waals surface area contributed by atoms with Crippen molar-refractivity contribution in [3.05, 3.63) is 35.0 Å². The van der Waals surface area contributed by atoms with Crippen molar-refractivity contribution >= 4 is 36.2 Å². The van der Waals surface area contributed by atoms with Gasteiger partial charge in [0.25, 0.3) is 5.91 Å². The maximum Gasteiger partial charge on any atom is 0.417 e. The van der Waals surface area contributed by atoms with Crippen LogP contribution in [0.25, 0.3) is 0 Å². The molecule has 0 spiro atoms. The lowest BCUT2D eigenvalue weighted by molar-refractivity contribution is -0.140. The van der Waals surface area contributed by atoms with Gasteiger partial charge in [0, 0.05) is 13.2 Å². The van der Waals surface area contributed by atoms with Crippen LogP contribution < -0.4 is 5.32 Å². The predicted molar refractivity (Wildman–Crippen MR) is 81.1 cm³/mol. The molecule has 0 saturated heterocycles. The van der Waals surface area contributed by atoms with Crippen LogP contribution in [0.2, 0.25) is 0 Å². The minimum absolute atomic E-state index is 0. The second-order valence-electron chi connectivity index (χ2n) is 4.34. The molecule has 0 fully saturated rings. The average Bonchev–Trinajstić information content (AvgIpc) is 2.81. The zero-order valence-corrected chi connectivity index (χ0v) is 14.0. The first-order valence-electron chi connectivity index (χ1n) is 5.96. The van der Waals surface area contributed by atoms with Crippen LogP contribution in [-0.2, 0) is 17.0 Å². The highest BCUT2D eigenvalue weighted by Gasteiger charge is 2.37. The van der Waals surface area contributed by atoms with Crippen molar-refractivity contribution in [1.82, 2.24) is 10.2 Å². The van der Waals surface area contributed by atoms with Crippen LogP contribution in [0.3, 0.4) is 0 Å². The number of benzene rings is 1. The largest absolute Gasteiger partial charge is 0.417 e. The average molecular weight is 385 g/mol. The van der Waals surface area contributed by atoms with Crippen molar-refractivity contribution < 1.29 is 31.0 Å². The van der Waals surface area contributed by atoms with Gasteiger partial charge in [-0.05, 0) is 12.1 Å². The summed E-state index contributed by atoms with van der Waals surface area (Å²) in [6.07, 6.45) is -4.02. The van der Waals surface area contributed by atoms with Crippen LogP contribution in [0.5, 0.6) is 0 Å². The third-order valence-corrected chi connectivity index (χ3v) is 3.66. The van der Waals surface area contributed by atoms with Crippen LogP contribution in [0.1, 0.15) is 21.8 Å². The normalized spacial score (nSPS) is 12.4. The number of hydrogen-bond acceptors (Lipinski definition) is 5. The van der Waals surface area contributed by atoms with Crippen molar-refractivity contribution in [2.45, 2.75) is 18.0 Å². The van der Waals surface area contributed by atoms with E-state index in [2.05, 4.69) is 10.2 Å². The summed E-state index contributed by atoms with van der Waals surface area (Å²) >= 11 is 0. The van der Waals surface area contributed by atoms with Gasteiger partial charge in [0.15, 0.2) is 5.82 Å². The molecule has 1 amide bonds. The SMILES string of the molecule is Cc1nnc(NC(=O)c2ccc(C(F)(F)F)c(S(C)=O)c2F)o1.S. The standard InChI is InChI=1S/C12H9F4N3O3S.H2S/c1-5-18-19-11(22-5)17-10(20)6-3-4-7(12(14,15)16)9(8(6)13)23(2)21;/h3-4H,1-2H3,(H,17,19,20);1H2. The molecule has 0 bridgehead atoms. The minimum atomic E-state index is -4.90. The van der Waals surface area contributed by atoms with E-state index in [-0.39, 0.29) is 25.4 Å². The van der Waals surface area contributed by atoms with Crippen LogP contribution in [0.15, 0.2) is 21.4 Å². The van der Waals surface area contributed by atoms with E-state index in [4.69, 9.17) is 4.42 Å². The Bertz CT molecular complexity index is 792. The van der Waals surface area contributed by atoms with Gasteiger partial charge in [-0.2, -0.15) is 26.7 Å².